The number of hydrogen-bond acceptors (Lipinski definition) is 5. The van der Waals surface area contributed by atoms with Gasteiger partial charge in [0.2, 0.25) is 0 Å². The minimum absolute atomic E-state index is 0.167. The van der Waals surface area contributed by atoms with Crippen LogP contribution in [0.2, 0.25) is 0 Å². The van der Waals surface area contributed by atoms with Gasteiger partial charge in [-0.05, 0) is 32.0 Å². The fraction of sp³-hybridized carbons (Fsp3) is 0.500. The number of rotatable bonds is 2. The van der Waals surface area contributed by atoms with Gasteiger partial charge in [-0.25, -0.2) is 4.98 Å². The van der Waals surface area contributed by atoms with E-state index in [2.05, 4.69) is 15.3 Å². The van der Waals surface area contributed by atoms with Crippen molar-refractivity contribution in [1.29, 1.82) is 5.26 Å². The number of hydrogen-bond donors (Lipinski definition) is 1. The molecule has 1 aromatic rings. The van der Waals surface area contributed by atoms with Gasteiger partial charge >= 0.3 is 6.01 Å². The quantitative estimate of drug-likeness (QED) is 0.758. The molecule has 0 saturated carbocycles. The number of ether oxygens (including phenoxy) is 1. The Balaban J connectivity index is 2.00. The van der Waals surface area contributed by atoms with E-state index in [-0.39, 0.29) is 6.10 Å². The predicted octanol–water partition coefficient (Wildman–Crippen LogP) is 0.479. The monoisotopic (exact) mass is 204 g/mol. The van der Waals surface area contributed by atoms with Gasteiger partial charge in [-0.2, -0.15) is 10.2 Å². The minimum atomic E-state index is 0.167. The van der Waals surface area contributed by atoms with E-state index >= 15 is 0 Å². The maximum Gasteiger partial charge on any atom is 0.317 e. The molecule has 5 nitrogen and oxygen atoms in total. The first-order chi connectivity index (χ1) is 7.38. The van der Waals surface area contributed by atoms with Crippen molar-refractivity contribution in [3.63, 3.8) is 0 Å². The highest BCUT2D eigenvalue weighted by molar-refractivity contribution is 5.19. The third-order valence-electron chi connectivity index (χ3n) is 2.31. The Kier molecular flexibility index (Phi) is 3.10. The van der Waals surface area contributed by atoms with Crippen LogP contribution in [0.3, 0.4) is 0 Å². The molecule has 0 unspecified atom stereocenters. The summed E-state index contributed by atoms with van der Waals surface area (Å²) in [6.45, 7) is 1.92. The third-order valence-corrected chi connectivity index (χ3v) is 2.31. The van der Waals surface area contributed by atoms with Crippen molar-refractivity contribution in [1.82, 2.24) is 15.3 Å². The van der Waals surface area contributed by atoms with E-state index in [9.17, 15) is 0 Å². The lowest BCUT2D eigenvalue weighted by atomic mass is 10.1. The van der Waals surface area contributed by atoms with Crippen molar-refractivity contribution in [3.8, 4) is 12.1 Å². The van der Waals surface area contributed by atoms with E-state index < -0.39 is 0 Å². The maximum atomic E-state index is 8.66. The number of aromatic nitrogens is 2. The molecule has 15 heavy (non-hydrogen) atoms. The minimum Gasteiger partial charge on any atom is -0.460 e. The first kappa shape index (κ1) is 9.87. The molecule has 0 spiro atoms. The molecule has 1 N–H and O–H groups in total. The highest BCUT2D eigenvalue weighted by atomic mass is 16.5. The summed E-state index contributed by atoms with van der Waals surface area (Å²) in [5.74, 6) is 0. The van der Waals surface area contributed by atoms with Crippen LogP contribution in [0.15, 0.2) is 12.3 Å². The Morgan fingerprint density at radius 2 is 2.27 bits per heavy atom. The first-order valence-corrected chi connectivity index (χ1v) is 4.99. The summed E-state index contributed by atoms with van der Waals surface area (Å²) in [5.41, 5.74) is 0.342. The fourth-order valence-corrected chi connectivity index (χ4v) is 1.52. The lowest BCUT2D eigenvalue weighted by Gasteiger charge is -2.22. The predicted molar refractivity (Wildman–Crippen MR) is 53.3 cm³/mol. The van der Waals surface area contributed by atoms with E-state index in [0.29, 0.717) is 11.7 Å². The van der Waals surface area contributed by atoms with Gasteiger partial charge in [-0.15, -0.1) is 0 Å². The summed E-state index contributed by atoms with van der Waals surface area (Å²) in [7, 11) is 0. The zero-order valence-corrected chi connectivity index (χ0v) is 8.31. The SMILES string of the molecule is N#Cc1ccnc(OC2CCNCC2)n1. The fourth-order valence-electron chi connectivity index (χ4n) is 1.52. The van der Waals surface area contributed by atoms with Crippen LogP contribution < -0.4 is 10.1 Å². The molecule has 2 heterocycles. The Morgan fingerprint density at radius 3 is 3.00 bits per heavy atom. The Bertz CT molecular complexity index is 368. The average molecular weight is 204 g/mol. The largest absolute Gasteiger partial charge is 0.460 e. The second-order valence-corrected chi connectivity index (χ2v) is 3.40. The van der Waals surface area contributed by atoms with Crippen molar-refractivity contribution in [2.75, 3.05) is 13.1 Å². The zero-order chi connectivity index (χ0) is 10.5. The normalized spacial score (nSPS) is 17.0. The molecule has 1 aliphatic rings. The molecule has 1 fully saturated rings. The second kappa shape index (κ2) is 4.71. The Hall–Kier alpha value is -1.67. The van der Waals surface area contributed by atoms with Gasteiger partial charge in [0.25, 0.3) is 0 Å². The van der Waals surface area contributed by atoms with Gasteiger partial charge in [0.05, 0.1) is 0 Å². The van der Waals surface area contributed by atoms with Crippen molar-refractivity contribution in [3.05, 3.63) is 18.0 Å². The van der Waals surface area contributed by atoms with Gasteiger partial charge < -0.3 is 10.1 Å². The molecule has 0 aliphatic carbocycles. The molecule has 0 bridgehead atoms. The smallest absolute Gasteiger partial charge is 0.317 e. The second-order valence-electron chi connectivity index (χ2n) is 3.40. The molecule has 0 radical (unpaired) electrons. The van der Waals surface area contributed by atoms with Gasteiger partial charge in [0, 0.05) is 6.20 Å². The van der Waals surface area contributed by atoms with Crippen LogP contribution in [0, 0.1) is 11.3 Å². The average Bonchev–Trinajstić information content (AvgIpc) is 2.31. The molecule has 2 rings (SSSR count). The van der Waals surface area contributed by atoms with E-state index in [1.54, 1.807) is 12.3 Å². The zero-order valence-electron chi connectivity index (χ0n) is 8.31. The molecule has 1 aromatic heterocycles. The van der Waals surface area contributed by atoms with Crippen LogP contribution in [0.1, 0.15) is 18.5 Å². The Labute approximate surface area is 88.1 Å². The molecular formula is C10H12N4O. The summed E-state index contributed by atoms with van der Waals surface area (Å²) in [4.78, 5) is 7.95. The first-order valence-electron chi connectivity index (χ1n) is 4.99. The standard InChI is InChI=1S/C10H12N4O/c11-7-8-1-6-13-10(14-8)15-9-2-4-12-5-3-9/h1,6,9,12H,2-5H2. The van der Waals surface area contributed by atoms with E-state index in [1.807, 2.05) is 6.07 Å². The van der Waals surface area contributed by atoms with Gasteiger partial charge in [-0.3, -0.25) is 0 Å². The number of nitrogens with one attached hydrogen (secondary N) is 1. The van der Waals surface area contributed by atoms with Crippen molar-refractivity contribution in [2.24, 2.45) is 0 Å². The van der Waals surface area contributed by atoms with E-state index in [1.165, 1.54) is 0 Å². The topological polar surface area (TPSA) is 70.8 Å². The molecule has 0 atom stereocenters. The van der Waals surface area contributed by atoms with Crippen molar-refractivity contribution < 1.29 is 4.74 Å². The molecule has 5 heteroatoms. The third kappa shape index (κ3) is 2.64. The van der Waals surface area contributed by atoms with Gasteiger partial charge in [0.1, 0.15) is 17.9 Å². The van der Waals surface area contributed by atoms with Crippen LogP contribution in [0.5, 0.6) is 6.01 Å². The molecule has 1 aliphatic heterocycles. The number of piperidine rings is 1. The highest BCUT2D eigenvalue weighted by Crippen LogP contribution is 2.11. The summed E-state index contributed by atoms with van der Waals surface area (Å²) in [6.07, 6.45) is 3.63. The van der Waals surface area contributed by atoms with Crippen LogP contribution in [0.4, 0.5) is 0 Å². The van der Waals surface area contributed by atoms with Crippen molar-refractivity contribution >= 4 is 0 Å². The molecule has 78 valence electrons. The summed E-state index contributed by atoms with van der Waals surface area (Å²) in [5, 5.41) is 11.9. The van der Waals surface area contributed by atoms with Crippen LogP contribution in [-0.2, 0) is 0 Å². The number of nitriles is 1. The van der Waals surface area contributed by atoms with Crippen LogP contribution in [-0.4, -0.2) is 29.2 Å². The summed E-state index contributed by atoms with van der Waals surface area (Å²) in [6, 6.07) is 3.83. The van der Waals surface area contributed by atoms with Crippen LogP contribution in [0.25, 0.3) is 0 Å². The molecular weight excluding hydrogens is 192 g/mol. The lowest BCUT2D eigenvalue weighted by molar-refractivity contribution is 0.148. The maximum absolute atomic E-state index is 8.66. The number of nitrogens with zero attached hydrogens (tertiary/aromatic N) is 3. The molecule has 1 saturated heterocycles. The summed E-state index contributed by atoms with van der Waals surface area (Å²) < 4.78 is 5.58. The summed E-state index contributed by atoms with van der Waals surface area (Å²) >= 11 is 0. The van der Waals surface area contributed by atoms with Gasteiger partial charge in [0.15, 0.2) is 0 Å². The molecule has 0 aromatic carbocycles. The van der Waals surface area contributed by atoms with E-state index in [4.69, 9.17) is 10.00 Å². The van der Waals surface area contributed by atoms with Crippen molar-refractivity contribution in [2.45, 2.75) is 18.9 Å². The lowest BCUT2D eigenvalue weighted by Crippen LogP contribution is -2.34. The molecule has 0 amide bonds. The highest BCUT2D eigenvalue weighted by Gasteiger charge is 2.15. The van der Waals surface area contributed by atoms with Gasteiger partial charge in [-0.1, -0.05) is 0 Å². The Morgan fingerprint density at radius 1 is 1.47 bits per heavy atom. The van der Waals surface area contributed by atoms with E-state index in [0.717, 1.165) is 25.9 Å². The van der Waals surface area contributed by atoms with Crippen LogP contribution >= 0.6 is 0 Å².